The quantitative estimate of drug-likeness (QED) is 0.551. The van der Waals surface area contributed by atoms with E-state index in [1.54, 1.807) is 24.3 Å². The number of aromatic amines is 1. The van der Waals surface area contributed by atoms with Crippen molar-refractivity contribution in [2.75, 3.05) is 0 Å². The lowest BCUT2D eigenvalue weighted by molar-refractivity contribution is 0.0950. The molecular weight excluding hydrogens is 340 g/mol. The van der Waals surface area contributed by atoms with Crippen molar-refractivity contribution in [2.24, 2.45) is 0 Å². The second-order valence-electron chi connectivity index (χ2n) is 6.12. The van der Waals surface area contributed by atoms with Gasteiger partial charge in [-0.25, -0.2) is 4.68 Å². The van der Waals surface area contributed by atoms with E-state index in [1.165, 1.54) is 4.68 Å². The van der Waals surface area contributed by atoms with E-state index >= 15 is 0 Å². The molecule has 2 aromatic carbocycles. The summed E-state index contributed by atoms with van der Waals surface area (Å²) in [5.74, 6) is 2.22. The largest absolute Gasteiger partial charge is 0.361 e. The van der Waals surface area contributed by atoms with Crippen LogP contribution in [0, 0.1) is 12.3 Å². The van der Waals surface area contributed by atoms with E-state index in [2.05, 4.69) is 21.3 Å². The number of hydrogen-bond donors (Lipinski definition) is 2. The third-order valence-electron chi connectivity index (χ3n) is 4.42. The van der Waals surface area contributed by atoms with Crippen molar-refractivity contribution in [3.05, 3.63) is 76.3 Å². The van der Waals surface area contributed by atoms with Crippen LogP contribution in [0.4, 0.5) is 0 Å². The van der Waals surface area contributed by atoms with Crippen LogP contribution in [0.5, 0.6) is 0 Å². The molecule has 132 valence electrons. The number of fused-ring (bicyclic) bond motifs is 2. The molecule has 4 aromatic rings. The van der Waals surface area contributed by atoms with E-state index in [9.17, 15) is 9.59 Å². The molecule has 0 radical (unpaired) electrons. The number of carbonyl (C=O) groups is 1. The highest BCUT2D eigenvalue weighted by Gasteiger charge is 2.12. The summed E-state index contributed by atoms with van der Waals surface area (Å²) in [5.41, 5.74) is 1.80. The highest BCUT2D eigenvalue weighted by Crippen LogP contribution is 2.15. The fourth-order valence-corrected chi connectivity index (χ4v) is 3.08. The average Bonchev–Trinajstić information content (AvgIpc) is 3.17. The van der Waals surface area contributed by atoms with Gasteiger partial charge >= 0.3 is 0 Å². The van der Waals surface area contributed by atoms with Crippen LogP contribution in [0.15, 0.2) is 59.5 Å². The number of terminal acetylenes is 1. The first kappa shape index (κ1) is 16.6. The van der Waals surface area contributed by atoms with Crippen molar-refractivity contribution in [3.8, 4) is 12.3 Å². The molecule has 2 aromatic heterocycles. The molecule has 0 saturated carbocycles. The zero-order valence-corrected chi connectivity index (χ0v) is 14.4. The van der Waals surface area contributed by atoms with Gasteiger partial charge in [-0.1, -0.05) is 30.2 Å². The average molecular weight is 356 g/mol. The monoisotopic (exact) mass is 356 g/mol. The van der Waals surface area contributed by atoms with Crippen LogP contribution in [0.25, 0.3) is 21.7 Å². The molecule has 0 bridgehead atoms. The first-order chi connectivity index (χ1) is 13.2. The lowest BCUT2D eigenvalue weighted by Gasteiger charge is -2.10. The van der Waals surface area contributed by atoms with Crippen LogP contribution in [0.2, 0.25) is 0 Å². The molecule has 0 spiro atoms. The maximum Gasteiger partial charge on any atom is 0.275 e. The minimum atomic E-state index is -0.240. The molecule has 6 nitrogen and oxygen atoms in total. The van der Waals surface area contributed by atoms with Gasteiger partial charge in [0.05, 0.1) is 17.6 Å². The normalized spacial score (nSPS) is 10.8. The lowest BCUT2D eigenvalue weighted by atomic mass is 10.1. The van der Waals surface area contributed by atoms with Crippen molar-refractivity contribution in [2.45, 2.75) is 13.1 Å². The molecule has 0 aliphatic carbocycles. The number of benzene rings is 2. The Bertz CT molecular complexity index is 1260. The lowest BCUT2D eigenvalue weighted by Crippen LogP contribution is -2.28. The third kappa shape index (κ3) is 3.07. The fraction of sp³-hybridized carbons (Fsp3) is 0.0952. The van der Waals surface area contributed by atoms with Gasteiger partial charge in [-0.2, -0.15) is 5.10 Å². The van der Waals surface area contributed by atoms with Gasteiger partial charge in [0, 0.05) is 22.7 Å². The number of rotatable bonds is 4. The van der Waals surface area contributed by atoms with Crippen molar-refractivity contribution in [1.29, 1.82) is 0 Å². The first-order valence-corrected chi connectivity index (χ1v) is 8.45. The summed E-state index contributed by atoms with van der Waals surface area (Å²) in [7, 11) is 0. The van der Waals surface area contributed by atoms with Crippen LogP contribution in [0.3, 0.4) is 0 Å². The Balaban J connectivity index is 1.64. The summed E-state index contributed by atoms with van der Waals surface area (Å²) < 4.78 is 1.24. The zero-order valence-electron chi connectivity index (χ0n) is 14.4. The van der Waals surface area contributed by atoms with Gasteiger partial charge in [-0.3, -0.25) is 9.59 Å². The molecule has 6 heteroatoms. The molecule has 2 heterocycles. The number of amides is 1. The van der Waals surface area contributed by atoms with E-state index in [0.29, 0.717) is 22.0 Å². The van der Waals surface area contributed by atoms with Crippen molar-refractivity contribution in [1.82, 2.24) is 20.1 Å². The number of nitrogens with one attached hydrogen (secondary N) is 2. The Hall–Kier alpha value is -3.85. The van der Waals surface area contributed by atoms with Crippen LogP contribution >= 0.6 is 0 Å². The Labute approximate surface area is 154 Å². The molecule has 0 atom stereocenters. The Kier molecular flexibility index (Phi) is 4.19. The van der Waals surface area contributed by atoms with Gasteiger partial charge < -0.3 is 10.3 Å². The third-order valence-corrected chi connectivity index (χ3v) is 4.42. The smallest absolute Gasteiger partial charge is 0.275 e. The summed E-state index contributed by atoms with van der Waals surface area (Å²) in [6.07, 6.45) is 7.17. The van der Waals surface area contributed by atoms with Crippen LogP contribution in [-0.4, -0.2) is 20.7 Å². The second kappa shape index (κ2) is 6.81. The van der Waals surface area contributed by atoms with Crippen LogP contribution in [0.1, 0.15) is 16.1 Å². The number of H-pyrrole nitrogens is 1. The Morgan fingerprint density at radius 1 is 1.19 bits per heavy atom. The number of carbonyl (C=O) groups excluding carboxylic acids is 1. The SMILES string of the molecule is C#CCn1nc(CNC(=O)c2ccc3cc[nH]c3c2)c2ccccc2c1=O. The summed E-state index contributed by atoms with van der Waals surface area (Å²) in [4.78, 5) is 28.1. The summed E-state index contributed by atoms with van der Waals surface area (Å²) in [6, 6.07) is 14.6. The Morgan fingerprint density at radius 2 is 2.00 bits per heavy atom. The highest BCUT2D eigenvalue weighted by atomic mass is 16.1. The summed E-state index contributed by atoms with van der Waals surface area (Å²) in [6.45, 7) is 0.265. The predicted molar refractivity (Wildman–Crippen MR) is 104 cm³/mol. The molecule has 0 unspecified atom stereocenters. The molecule has 0 saturated heterocycles. The van der Waals surface area contributed by atoms with E-state index in [4.69, 9.17) is 6.42 Å². The van der Waals surface area contributed by atoms with Crippen LogP contribution in [-0.2, 0) is 13.1 Å². The van der Waals surface area contributed by atoms with E-state index in [1.807, 2.05) is 30.5 Å². The van der Waals surface area contributed by atoms with Gasteiger partial charge in [-0.15, -0.1) is 6.42 Å². The summed E-state index contributed by atoms with van der Waals surface area (Å²) >= 11 is 0. The zero-order chi connectivity index (χ0) is 18.8. The van der Waals surface area contributed by atoms with Crippen LogP contribution < -0.4 is 10.9 Å². The van der Waals surface area contributed by atoms with Crippen molar-refractivity contribution in [3.63, 3.8) is 0 Å². The van der Waals surface area contributed by atoms with E-state index < -0.39 is 0 Å². The predicted octanol–water partition coefficient (Wildman–Crippen LogP) is 2.44. The molecule has 0 aliphatic heterocycles. The van der Waals surface area contributed by atoms with Crippen molar-refractivity contribution < 1.29 is 4.79 Å². The van der Waals surface area contributed by atoms with Gasteiger partial charge in [0.25, 0.3) is 11.5 Å². The molecular formula is C21H16N4O2. The van der Waals surface area contributed by atoms with E-state index in [-0.39, 0.29) is 24.6 Å². The minimum Gasteiger partial charge on any atom is -0.361 e. The topological polar surface area (TPSA) is 79.8 Å². The summed E-state index contributed by atoms with van der Waals surface area (Å²) in [5, 5.41) is 9.48. The molecule has 4 rings (SSSR count). The second-order valence-corrected chi connectivity index (χ2v) is 6.12. The molecule has 1 amide bonds. The standard InChI is InChI=1S/C21H16N4O2/c1-2-11-25-21(27)17-6-4-3-5-16(17)19(24-25)13-23-20(26)15-8-7-14-9-10-22-18(14)12-15/h1,3-10,12,22H,11,13H2,(H,23,26). The highest BCUT2D eigenvalue weighted by molar-refractivity contribution is 5.98. The van der Waals surface area contributed by atoms with E-state index in [0.717, 1.165) is 10.9 Å². The number of nitrogens with zero attached hydrogens (tertiary/aromatic N) is 2. The van der Waals surface area contributed by atoms with Gasteiger partial charge in [0.1, 0.15) is 6.54 Å². The maximum atomic E-state index is 12.5. The van der Waals surface area contributed by atoms with Crippen molar-refractivity contribution >= 4 is 27.6 Å². The number of aromatic nitrogens is 3. The molecule has 0 fully saturated rings. The Morgan fingerprint density at radius 3 is 2.81 bits per heavy atom. The fourth-order valence-electron chi connectivity index (χ4n) is 3.08. The van der Waals surface area contributed by atoms with Gasteiger partial charge in [0.15, 0.2) is 0 Å². The van der Waals surface area contributed by atoms with Gasteiger partial charge in [-0.05, 0) is 29.7 Å². The number of hydrogen-bond acceptors (Lipinski definition) is 3. The molecule has 0 aliphatic rings. The molecule has 27 heavy (non-hydrogen) atoms. The first-order valence-electron chi connectivity index (χ1n) is 8.45. The maximum absolute atomic E-state index is 12.5. The minimum absolute atomic E-state index is 0.0775. The molecule has 2 N–H and O–H groups in total. The van der Waals surface area contributed by atoms with Gasteiger partial charge in [0.2, 0.25) is 0 Å².